The van der Waals surface area contributed by atoms with Crippen LogP contribution < -0.4 is 5.32 Å². The molecule has 0 spiro atoms. The van der Waals surface area contributed by atoms with Crippen molar-refractivity contribution in [1.29, 1.82) is 0 Å². The largest absolute Gasteiger partial charge is 0.459 e. The minimum absolute atomic E-state index is 0.0322. The van der Waals surface area contributed by atoms with Gasteiger partial charge in [-0.2, -0.15) is 0 Å². The van der Waals surface area contributed by atoms with Crippen molar-refractivity contribution in [1.82, 2.24) is 5.32 Å². The van der Waals surface area contributed by atoms with E-state index < -0.39 is 5.54 Å². The van der Waals surface area contributed by atoms with Crippen molar-refractivity contribution >= 4 is 26.9 Å². The Hall–Kier alpha value is -0.840. The number of benzene rings is 1. The molecule has 2 N–H and O–H groups in total. The fourth-order valence-corrected chi connectivity index (χ4v) is 2.54. The van der Waals surface area contributed by atoms with E-state index in [4.69, 9.17) is 4.42 Å². The van der Waals surface area contributed by atoms with E-state index in [1.54, 1.807) is 0 Å². The molecule has 1 atom stereocenters. The van der Waals surface area contributed by atoms with Crippen LogP contribution in [0, 0.1) is 0 Å². The highest BCUT2D eigenvalue weighted by molar-refractivity contribution is 9.10. The fraction of sp³-hybridized carbons (Fsp3) is 0.429. The van der Waals surface area contributed by atoms with Crippen LogP contribution in [-0.2, 0) is 5.54 Å². The summed E-state index contributed by atoms with van der Waals surface area (Å²) in [4.78, 5) is 0. The van der Waals surface area contributed by atoms with Crippen LogP contribution >= 0.6 is 15.9 Å². The lowest BCUT2D eigenvalue weighted by atomic mass is 9.99. The van der Waals surface area contributed by atoms with Gasteiger partial charge >= 0.3 is 0 Å². The standard InChI is InChI=1S/C14H16BrNO2/c1-14(8-17,16-11-3-4-11)13-7-9-6-10(15)2-5-12(9)18-13/h2,5-7,11,16-17H,3-4,8H2,1H3. The Morgan fingerprint density at radius 3 is 2.89 bits per heavy atom. The number of hydrogen-bond donors (Lipinski definition) is 2. The van der Waals surface area contributed by atoms with Gasteiger partial charge in [0.15, 0.2) is 0 Å². The third kappa shape index (κ3) is 2.20. The molecule has 96 valence electrons. The highest BCUT2D eigenvalue weighted by Crippen LogP contribution is 2.32. The number of hydrogen-bond acceptors (Lipinski definition) is 3. The van der Waals surface area contributed by atoms with Gasteiger partial charge in [0.05, 0.1) is 12.1 Å². The fourth-order valence-electron chi connectivity index (χ4n) is 2.16. The highest BCUT2D eigenvalue weighted by Gasteiger charge is 2.35. The number of fused-ring (bicyclic) bond motifs is 1. The molecule has 1 saturated carbocycles. The van der Waals surface area contributed by atoms with E-state index in [0.717, 1.165) is 21.2 Å². The summed E-state index contributed by atoms with van der Waals surface area (Å²) in [5.41, 5.74) is 0.359. The Labute approximate surface area is 114 Å². The molecule has 0 aliphatic heterocycles. The monoisotopic (exact) mass is 309 g/mol. The number of nitrogens with one attached hydrogen (secondary N) is 1. The van der Waals surface area contributed by atoms with E-state index in [1.807, 2.05) is 31.2 Å². The van der Waals surface area contributed by atoms with Gasteiger partial charge in [-0.3, -0.25) is 0 Å². The molecule has 1 fully saturated rings. The lowest BCUT2D eigenvalue weighted by molar-refractivity contribution is 0.153. The van der Waals surface area contributed by atoms with Gasteiger partial charge in [0.25, 0.3) is 0 Å². The van der Waals surface area contributed by atoms with Crippen LogP contribution in [0.4, 0.5) is 0 Å². The predicted octanol–water partition coefficient (Wildman–Crippen LogP) is 3.15. The first-order chi connectivity index (χ1) is 8.60. The first-order valence-electron chi connectivity index (χ1n) is 6.19. The van der Waals surface area contributed by atoms with E-state index in [1.165, 1.54) is 12.8 Å². The molecule has 4 heteroatoms. The molecule has 1 aliphatic carbocycles. The third-order valence-corrected chi connectivity index (χ3v) is 3.93. The summed E-state index contributed by atoms with van der Waals surface area (Å²) >= 11 is 3.45. The van der Waals surface area contributed by atoms with Crippen molar-refractivity contribution in [3.8, 4) is 0 Å². The summed E-state index contributed by atoms with van der Waals surface area (Å²) in [5.74, 6) is 0.796. The molecule has 0 saturated heterocycles. The van der Waals surface area contributed by atoms with Crippen molar-refractivity contribution in [2.24, 2.45) is 0 Å². The van der Waals surface area contributed by atoms with Crippen molar-refractivity contribution in [2.45, 2.75) is 31.3 Å². The van der Waals surface area contributed by atoms with E-state index in [2.05, 4.69) is 21.2 Å². The van der Waals surface area contributed by atoms with E-state index in [-0.39, 0.29) is 6.61 Å². The minimum Gasteiger partial charge on any atom is -0.459 e. The molecule has 1 aromatic carbocycles. The summed E-state index contributed by atoms with van der Waals surface area (Å²) in [6, 6.07) is 8.45. The first-order valence-corrected chi connectivity index (χ1v) is 6.98. The Balaban J connectivity index is 2.00. The maximum absolute atomic E-state index is 9.66. The molecule has 18 heavy (non-hydrogen) atoms. The molecule has 0 amide bonds. The maximum Gasteiger partial charge on any atom is 0.134 e. The van der Waals surface area contributed by atoms with Crippen LogP contribution in [0.3, 0.4) is 0 Å². The Morgan fingerprint density at radius 2 is 2.22 bits per heavy atom. The Kier molecular flexibility index (Phi) is 2.96. The number of furan rings is 1. The minimum atomic E-state index is -0.493. The average molecular weight is 310 g/mol. The van der Waals surface area contributed by atoms with Crippen molar-refractivity contribution in [3.63, 3.8) is 0 Å². The van der Waals surface area contributed by atoms with Crippen LogP contribution in [-0.4, -0.2) is 17.8 Å². The van der Waals surface area contributed by atoms with Gasteiger partial charge in [0, 0.05) is 15.9 Å². The second kappa shape index (κ2) is 4.37. The zero-order valence-electron chi connectivity index (χ0n) is 10.2. The Morgan fingerprint density at radius 1 is 1.44 bits per heavy atom. The van der Waals surface area contributed by atoms with Gasteiger partial charge in [-0.25, -0.2) is 0 Å². The molecule has 3 rings (SSSR count). The van der Waals surface area contributed by atoms with Gasteiger partial charge in [-0.15, -0.1) is 0 Å². The molecule has 1 unspecified atom stereocenters. The number of halogens is 1. The van der Waals surface area contributed by atoms with Crippen LogP contribution in [0.2, 0.25) is 0 Å². The van der Waals surface area contributed by atoms with E-state index in [9.17, 15) is 5.11 Å². The topological polar surface area (TPSA) is 45.4 Å². The normalized spacial score (nSPS) is 19.1. The number of rotatable bonds is 4. The second-order valence-electron chi connectivity index (χ2n) is 5.20. The second-order valence-corrected chi connectivity index (χ2v) is 6.12. The molecule has 3 nitrogen and oxygen atoms in total. The molecule has 2 aromatic rings. The van der Waals surface area contributed by atoms with Gasteiger partial charge in [0.1, 0.15) is 11.3 Å². The van der Waals surface area contributed by atoms with Gasteiger partial charge in [-0.1, -0.05) is 15.9 Å². The average Bonchev–Trinajstić information content (AvgIpc) is 3.05. The lowest BCUT2D eigenvalue weighted by Gasteiger charge is -2.26. The third-order valence-electron chi connectivity index (χ3n) is 3.44. The van der Waals surface area contributed by atoms with E-state index in [0.29, 0.717) is 6.04 Å². The van der Waals surface area contributed by atoms with Crippen LogP contribution in [0.25, 0.3) is 11.0 Å². The smallest absolute Gasteiger partial charge is 0.134 e. The molecule has 0 radical (unpaired) electrons. The van der Waals surface area contributed by atoms with Gasteiger partial charge < -0.3 is 14.8 Å². The molecule has 1 aliphatic rings. The summed E-state index contributed by atoms with van der Waals surface area (Å²) in [5, 5.41) is 14.2. The van der Waals surface area contributed by atoms with Crippen molar-refractivity contribution < 1.29 is 9.52 Å². The number of aliphatic hydroxyl groups excluding tert-OH is 1. The zero-order chi connectivity index (χ0) is 12.8. The van der Waals surface area contributed by atoms with Gasteiger partial charge in [0.2, 0.25) is 0 Å². The van der Waals surface area contributed by atoms with Crippen molar-refractivity contribution in [3.05, 3.63) is 34.5 Å². The summed E-state index contributed by atoms with van der Waals surface area (Å²) < 4.78 is 6.90. The molecular formula is C14H16BrNO2. The van der Waals surface area contributed by atoms with Crippen LogP contribution in [0.15, 0.2) is 33.2 Å². The summed E-state index contributed by atoms with van der Waals surface area (Å²) in [6.07, 6.45) is 2.36. The predicted molar refractivity (Wildman–Crippen MR) is 74.5 cm³/mol. The van der Waals surface area contributed by atoms with Crippen molar-refractivity contribution in [2.75, 3.05) is 6.61 Å². The van der Waals surface area contributed by atoms with Crippen LogP contribution in [0.1, 0.15) is 25.5 Å². The Bertz CT molecular complexity index is 576. The zero-order valence-corrected chi connectivity index (χ0v) is 11.8. The molecule has 1 aromatic heterocycles. The first kappa shape index (κ1) is 12.2. The SMILES string of the molecule is CC(CO)(NC1CC1)c1cc2cc(Br)ccc2o1. The molecule has 1 heterocycles. The van der Waals surface area contributed by atoms with E-state index >= 15 is 0 Å². The molecule has 0 bridgehead atoms. The number of aliphatic hydroxyl groups is 1. The van der Waals surface area contributed by atoms with Crippen LogP contribution in [0.5, 0.6) is 0 Å². The van der Waals surface area contributed by atoms with Gasteiger partial charge in [-0.05, 0) is 44.0 Å². The molecular weight excluding hydrogens is 294 g/mol. The summed E-state index contributed by atoms with van der Waals surface area (Å²) in [7, 11) is 0. The maximum atomic E-state index is 9.66. The summed E-state index contributed by atoms with van der Waals surface area (Å²) in [6.45, 7) is 2.02. The highest BCUT2D eigenvalue weighted by atomic mass is 79.9. The lowest BCUT2D eigenvalue weighted by Crippen LogP contribution is -2.43. The quantitative estimate of drug-likeness (QED) is 0.912.